The van der Waals surface area contributed by atoms with Crippen molar-refractivity contribution in [2.45, 2.75) is 31.6 Å². The summed E-state index contributed by atoms with van der Waals surface area (Å²) >= 11 is 0. The summed E-state index contributed by atoms with van der Waals surface area (Å²) in [5, 5.41) is 3.12. The van der Waals surface area contributed by atoms with E-state index in [2.05, 4.69) is 15.2 Å². The van der Waals surface area contributed by atoms with Gasteiger partial charge in [-0.25, -0.2) is 23.0 Å². The number of aryl methyl sites for hydroxylation is 1. The molecule has 11 heteroatoms. The average Bonchev–Trinajstić information content (AvgIpc) is 3.15. The Balaban J connectivity index is 1.83. The predicted molar refractivity (Wildman–Crippen MR) is 126 cm³/mol. The minimum Gasteiger partial charge on any atom is -0.486 e. The lowest BCUT2D eigenvalue weighted by molar-refractivity contribution is 0.0691. The van der Waals surface area contributed by atoms with Crippen LogP contribution in [0.1, 0.15) is 25.1 Å². The van der Waals surface area contributed by atoms with Crippen LogP contribution in [0.25, 0.3) is 17.0 Å². The molecule has 1 atom stereocenters. The van der Waals surface area contributed by atoms with Crippen LogP contribution >= 0.6 is 0 Å². The Morgan fingerprint density at radius 1 is 1.18 bits per heavy atom. The molecule has 1 aromatic carbocycles. The molecule has 1 saturated heterocycles. The van der Waals surface area contributed by atoms with E-state index < -0.39 is 14.6 Å². The highest BCUT2D eigenvalue weighted by Gasteiger charge is 2.42. The van der Waals surface area contributed by atoms with Gasteiger partial charge in [-0.1, -0.05) is 6.07 Å². The van der Waals surface area contributed by atoms with Gasteiger partial charge in [-0.05, 0) is 38.5 Å². The number of benzene rings is 1. The highest BCUT2D eigenvalue weighted by atomic mass is 32.2. The van der Waals surface area contributed by atoms with E-state index in [9.17, 15) is 8.42 Å². The van der Waals surface area contributed by atoms with Crippen LogP contribution in [0, 0.1) is 6.92 Å². The summed E-state index contributed by atoms with van der Waals surface area (Å²) < 4.78 is 37.9. The number of hydrogen-bond donors (Lipinski definition) is 1. The molecule has 1 fully saturated rings. The lowest BCUT2D eigenvalue weighted by Crippen LogP contribution is -2.52. The second-order valence-corrected chi connectivity index (χ2v) is 11.6. The third-order valence-corrected chi connectivity index (χ3v) is 8.53. The van der Waals surface area contributed by atoms with E-state index in [-0.39, 0.29) is 6.04 Å². The summed E-state index contributed by atoms with van der Waals surface area (Å²) in [5.41, 5.74) is 3.03. The predicted octanol–water partition coefficient (Wildman–Crippen LogP) is 2.04. The standard InChI is InChI=1S/C22H28N6O4S/c1-13-6-7-15-16(10-13)28(20(23-4)24-15)21-25-18(22(2,3)33(5,29)30)17-19(26-21)27-8-9-31-11-14(27)12-32-17/h6-7,10,14H,8-9,11-12H2,1-5H3,(H,23,24)/t14-/m0/s1. The van der Waals surface area contributed by atoms with Crippen molar-refractivity contribution in [2.24, 2.45) is 0 Å². The van der Waals surface area contributed by atoms with Crippen molar-refractivity contribution >= 4 is 32.6 Å². The molecule has 0 saturated carbocycles. The van der Waals surface area contributed by atoms with Crippen molar-refractivity contribution < 1.29 is 17.9 Å². The monoisotopic (exact) mass is 472 g/mol. The molecule has 3 aromatic rings. The molecule has 0 unspecified atom stereocenters. The molecule has 10 nitrogen and oxygen atoms in total. The number of fused-ring (bicyclic) bond motifs is 4. The van der Waals surface area contributed by atoms with Gasteiger partial charge in [-0.3, -0.25) is 0 Å². The Morgan fingerprint density at radius 2 is 1.97 bits per heavy atom. The summed E-state index contributed by atoms with van der Waals surface area (Å²) in [4.78, 5) is 16.5. The lowest BCUT2D eigenvalue weighted by atomic mass is 10.1. The minimum absolute atomic E-state index is 0.00809. The van der Waals surface area contributed by atoms with Gasteiger partial charge in [0.15, 0.2) is 21.4 Å². The van der Waals surface area contributed by atoms with Crippen molar-refractivity contribution in [2.75, 3.05) is 49.9 Å². The molecule has 5 rings (SSSR count). The molecule has 33 heavy (non-hydrogen) atoms. The zero-order valence-electron chi connectivity index (χ0n) is 19.4. The maximum Gasteiger partial charge on any atom is 0.239 e. The fourth-order valence-electron chi connectivity index (χ4n) is 4.25. The second-order valence-electron chi connectivity index (χ2n) is 9.05. The second kappa shape index (κ2) is 7.56. The third-order valence-electron chi connectivity index (χ3n) is 6.49. The Kier molecular flexibility index (Phi) is 5.02. The van der Waals surface area contributed by atoms with E-state index in [1.54, 1.807) is 20.9 Å². The summed E-state index contributed by atoms with van der Waals surface area (Å²) in [6, 6.07) is 5.97. The SMILES string of the molecule is CNc1nc2ccc(C)cc2n1-c1nc2c(c(C(C)(C)S(C)(=O)=O)n1)OC[C@@H]1COCCN21. The molecule has 0 bridgehead atoms. The Hall–Kier alpha value is -2.92. The number of ether oxygens (including phenoxy) is 2. The molecular formula is C22H28N6O4S. The van der Waals surface area contributed by atoms with Gasteiger partial charge in [-0.15, -0.1) is 0 Å². The molecule has 2 aromatic heterocycles. The number of imidazole rings is 1. The summed E-state index contributed by atoms with van der Waals surface area (Å²) in [6.07, 6.45) is 1.22. The van der Waals surface area contributed by atoms with Crippen molar-refractivity contribution in [3.05, 3.63) is 29.5 Å². The van der Waals surface area contributed by atoms with Crippen LogP contribution in [-0.4, -0.2) is 73.6 Å². The fourth-order valence-corrected chi connectivity index (χ4v) is 4.73. The smallest absolute Gasteiger partial charge is 0.239 e. The van der Waals surface area contributed by atoms with Crippen LogP contribution in [0.15, 0.2) is 18.2 Å². The van der Waals surface area contributed by atoms with E-state index in [0.717, 1.165) is 16.6 Å². The number of nitrogens with zero attached hydrogens (tertiary/aromatic N) is 5. The van der Waals surface area contributed by atoms with Crippen LogP contribution in [-0.2, 0) is 19.3 Å². The van der Waals surface area contributed by atoms with Gasteiger partial charge in [-0.2, -0.15) is 4.98 Å². The number of sulfone groups is 1. The van der Waals surface area contributed by atoms with Crippen molar-refractivity contribution in [3.8, 4) is 11.7 Å². The van der Waals surface area contributed by atoms with Gasteiger partial charge in [0.25, 0.3) is 0 Å². The lowest BCUT2D eigenvalue weighted by Gasteiger charge is -2.41. The maximum atomic E-state index is 12.8. The number of anilines is 2. The van der Waals surface area contributed by atoms with Crippen molar-refractivity contribution in [1.29, 1.82) is 0 Å². The van der Waals surface area contributed by atoms with Crippen LogP contribution in [0.3, 0.4) is 0 Å². The zero-order chi connectivity index (χ0) is 23.5. The number of aromatic nitrogens is 4. The van der Waals surface area contributed by atoms with Crippen LogP contribution < -0.4 is 15.0 Å². The Labute approximate surface area is 192 Å². The Bertz CT molecular complexity index is 1350. The minimum atomic E-state index is -3.52. The first-order chi connectivity index (χ1) is 15.6. The first-order valence-electron chi connectivity index (χ1n) is 10.9. The molecule has 2 aliphatic heterocycles. The topological polar surface area (TPSA) is 111 Å². The van der Waals surface area contributed by atoms with E-state index in [1.165, 1.54) is 6.26 Å². The van der Waals surface area contributed by atoms with Gasteiger partial charge in [0.2, 0.25) is 11.9 Å². The fraction of sp³-hybridized carbons (Fsp3) is 0.500. The molecule has 4 heterocycles. The Morgan fingerprint density at radius 3 is 2.70 bits per heavy atom. The van der Waals surface area contributed by atoms with E-state index >= 15 is 0 Å². The number of nitrogens with one attached hydrogen (secondary N) is 1. The first-order valence-corrected chi connectivity index (χ1v) is 12.8. The van der Waals surface area contributed by atoms with Gasteiger partial charge in [0.1, 0.15) is 17.0 Å². The summed E-state index contributed by atoms with van der Waals surface area (Å²) in [7, 11) is -1.74. The maximum absolute atomic E-state index is 12.8. The van der Waals surface area contributed by atoms with Crippen LogP contribution in [0.4, 0.5) is 11.8 Å². The number of rotatable bonds is 4. The van der Waals surface area contributed by atoms with E-state index in [4.69, 9.17) is 19.4 Å². The molecule has 2 aliphatic rings. The number of hydrogen-bond acceptors (Lipinski definition) is 9. The van der Waals surface area contributed by atoms with E-state index in [0.29, 0.717) is 55.5 Å². The van der Waals surface area contributed by atoms with Gasteiger partial charge >= 0.3 is 0 Å². The highest BCUT2D eigenvalue weighted by molar-refractivity contribution is 7.91. The number of morpholine rings is 1. The molecule has 0 amide bonds. The molecule has 1 N–H and O–H groups in total. The largest absolute Gasteiger partial charge is 0.486 e. The summed E-state index contributed by atoms with van der Waals surface area (Å²) in [5.74, 6) is 1.91. The first kappa shape index (κ1) is 21.9. The molecule has 0 radical (unpaired) electrons. The zero-order valence-corrected chi connectivity index (χ0v) is 20.2. The molecular weight excluding hydrogens is 444 g/mol. The van der Waals surface area contributed by atoms with Gasteiger partial charge in [0, 0.05) is 19.8 Å². The quantitative estimate of drug-likeness (QED) is 0.610. The average molecular weight is 473 g/mol. The molecule has 176 valence electrons. The van der Waals surface area contributed by atoms with Crippen molar-refractivity contribution in [1.82, 2.24) is 19.5 Å². The normalized spacial score (nSPS) is 18.6. The van der Waals surface area contributed by atoms with E-state index in [1.807, 2.05) is 29.7 Å². The van der Waals surface area contributed by atoms with Crippen LogP contribution in [0.2, 0.25) is 0 Å². The summed E-state index contributed by atoms with van der Waals surface area (Å²) in [6.45, 7) is 7.43. The molecule has 0 spiro atoms. The van der Waals surface area contributed by atoms with Gasteiger partial charge in [0.05, 0.1) is 30.3 Å². The third kappa shape index (κ3) is 3.41. The molecule has 0 aliphatic carbocycles. The van der Waals surface area contributed by atoms with Gasteiger partial charge < -0.3 is 19.7 Å². The van der Waals surface area contributed by atoms with Crippen molar-refractivity contribution in [3.63, 3.8) is 0 Å². The highest BCUT2D eigenvalue weighted by Crippen LogP contribution is 2.43. The van der Waals surface area contributed by atoms with Crippen LogP contribution in [0.5, 0.6) is 5.75 Å².